The van der Waals surface area contributed by atoms with E-state index in [0.29, 0.717) is 19.4 Å². The normalized spacial score (nSPS) is 13.9. The summed E-state index contributed by atoms with van der Waals surface area (Å²) in [6, 6.07) is 6.76. The third-order valence-corrected chi connectivity index (χ3v) is 6.42. The predicted molar refractivity (Wildman–Crippen MR) is 88.6 cm³/mol. The number of hydrogen-bond acceptors (Lipinski definition) is 4. The van der Waals surface area contributed by atoms with Gasteiger partial charge in [0, 0.05) is 11.4 Å². The Morgan fingerprint density at radius 1 is 1.30 bits per heavy atom. The molecule has 0 fully saturated rings. The van der Waals surface area contributed by atoms with Gasteiger partial charge in [0.15, 0.2) is 0 Å². The number of sulfonamides is 1. The highest BCUT2D eigenvalue weighted by Gasteiger charge is 2.25. The fourth-order valence-corrected chi connectivity index (χ4v) is 4.94. The van der Waals surface area contributed by atoms with Gasteiger partial charge in [-0.3, -0.25) is 0 Å². The van der Waals surface area contributed by atoms with Gasteiger partial charge in [0.2, 0.25) is 10.0 Å². The van der Waals surface area contributed by atoms with Crippen LogP contribution in [0, 0.1) is 0 Å². The number of rotatable bonds is 6. The first-order valence-corrected chi connectivity index (χ1v) is 9.75. The third-order valence-electron chi connectivity index (χ3n) is 3.95. The molecule has 1 aromatic carbocycles. The SMILES string of the molecule is O=C(O)c1cc2c(c(S(=O)(=O)NCCc3cccs3)c1)CCC2. The van der Waals surface area contributed by atoms with E-state index in [9.17, 15) is 18.3 Å². The highest BCUT2D eigenvalue weighted by molar-refractivity contribution is 7.89. The molecule has 2 N–H and O–H groups in total. The van der Waals surface area contributed by atoms with Crippen molar-refractivity contribution in [1.82, 2.24) is 4.72 Å². The quantitative estimate of drug-likeness (QED) is 0.837. The molecule has 0 atom stereocenters. The van der Waals surface area contributed by atoms with Gasteiger partial charge in [-0.15, -0.1) is 11.3 Å². The van der Waals surface area contributed by atoms with Crippen LogP contribution in [0.2, 0.25) is 0 Å². The molecule has 7 heteroatoms. The van der Waals surface area contributed by atoms with Crippen molar-refractivity contribution in [2.45, 2.75) is 30.6 Å². The number of aryl methyl sites for hydroxylation is 1. The fraction of sp³-hybridized carbons (Fsp3) is 0.312. The molecule has 3 rings (SSSR count). The van der Waals surface area contributed by atoms with Crippen molar-refractivity contribution in [2.75, 3.05) is 6.54 Å². The molecule has 0 radical (unpaired) electrons. The predicted octanol–water partition coefficient (Wildman–Crippen LogP) is 2.46. The second kappa shape index (κ2) is 6.43. The van der Waals surface area contributed by atoms with E-state index in [0.717, 1.165) is 28.8 Å². The van der Waals surface area contributed by atoms with Crippen molar-refractivity contribution >= 4 is 27.3 Å². The van der Waals surface area contributed by atoms with Gasteiger partial charge in [-0.05, 0) is 60.4 Å². The number of nitrogens with one attached hydrogen (secondary N) is 1. The first-order chi connectivity index (χ1) is 11.0. The van der Waals surface area contributed by atoms with E-state index in [1.165, 1.54) is 6.07 Å². The second-order valence-electron chi connectivity index (χ2n) is 5.50. The Morgan fingerprint density at radius 3 is 2.83 bits per heavy atom. The molecular weight excluding hydrogens is 334 g/mol. The highest BCUT2D eigenvalue weighted by atomic mass is 32.2. The number of hydrogen-bond donors (Lipinski definition) is 2. The van der Waals surface area contributed by atoms with E-state index in [2.05, 4.69) is 4.72 Å². The minimum atomic E-state index is -3.70. The van der Waals surface area contributed by atoms with Gasteiger partial charge >= 0.3 is 5.97 Å². The minimum absolute atomic E-state index is 0.0317. The maximum atomic E-state index is 12.6. The van der Waals surface area contributed by atoms with Crippen LogP contribution in [0.1, 0.15) is 32.8 Å². The van der Waals surface area contributed by atoms with Crippen molar-refractivity contribution in [3.8, 4) is 0 Å². The summed E-state index contributed by atoms with van der Waals surface area (Å²) in [4.78, 5) is 12.5. The molecule has 5 nitrogen and oxygen atoms in total. The van der Waals surface area contributed by atoms with Gasteiger partial charge in [0.1, 0.15) is 0 Å². The van der Waals surface area contributed by atoms with Gasteiger partial charge in [-0.25, -0.2) is 17.9 Å². The summed E-state index contributed by atoms with van der Waals surface area (Å²) in [5.41, 5.74) is 1.63. The number of fused-ring (bicyclic) bond motifs is 1. The van der Waals surface area contributed by atoms with Gasteiger partial charge in [0.25, 0.3) is 0 Å². The number of carboxylic acids is 1. The number of carbonyl (C=O) groups is 1. The van der Waals surface area contributed by atoms with Crippen molar-refractivity contribution < 1.29 is 18.3 Å². The number of benzene rings is 1. The third kappa shape index (κ3) is 3.46. The molecule has 0 amide bonds. The summed E-state index contributed by atoms with van der Waals surface area (Å²) in [6.07, 6.45) is 2.89. The summed E-state index contributed by atoms with van der Waals surface area (Å²) in [5, 5.41) is 11.1. The first-order valence-electron chi connectivity index (χ1n) is 7.38. The molecule has 0 unspecified atom stereocenters. The lowest BCUT2D eigenvalue weighted by molar-refractivity contribution is 0.0696. The Labute approximate surface area is 139 Å². The largest absolute Gasteiger partial charge is 0.478 e. The van der Waals surface area contributed by atoms with Crippen molar-refractivity contribution in [3.63, 3.8) is 0 Å². The van der Waals surface area contributed by atoms with Gasteiger partial charge in [0.05, 0.1) is 10.5 Å². The molecular formula is C16H17NO4S2. The van der Waals surface area contributed by atoms with E-state index in [1.807, 2.05) is 17.5 Å². The Morgan fingerprint density at radius 2 is 2.13 bits per heavy atom. The zero-order valence-electron chi connectivity index (χ0n) is 12.4. The lowest BCUT2D eigenvalue weighted by atomic mass is 10.1. The molecule has 0 bridgehead atoms. The van der Waals surface area contributed by atoms with Gasteiger partial charge in [-0.1, -0.05) is 6.07 Å². The second-order valence-corrected chi connectivity index (χ2v) is 8.27. The lowest BCUT2D eigenvalue weighted by Crippen LogP contribution is -2.27. The Bertz CT molecular complexity index is 826. The first kappa shape index (κ1) is 16.2. The van der Waals surface area contributed by atoms with E-state index < -0.39 is 16.0 Å². The zero-order chi connectivity index (χ0) is 16.4. The van der Waals surface area contributed by atoms with E-state index in [-0.39, 0.29) is 10.5 Å². The van der Waals surface area contributed by atoms with Crippen molar-refractivity contribution in [1.29, 1.82) is 0 Å². The van der Waals surface area contributed by atoms with Crippen LogP contribution in [0.3, 0.4) is 0 Å². The number of aromatic carboxylic acids is 1. The average Bonchev–Trinajstić information content (AvgIpc) is 3.16. The molecule has 23 heavy (non-hydrogen) atoms. The average molecular weight is 351 g/mol. The molecule has 1 aliphatic carbocycles. The Kier molecular flexibility index (Phi) is 4.52. The number of thiophene rings is 1. The van der Waals surface area contributed by atoms with Gasteiger partial charge in [-0.2, -0.15) is 0 Å². The van der Waals surface area contributed by atoms with Crippen LogP contribution >= 0.6 is 11.3 Å². The van der Waals surface area contributed by atoms with E-state index >= 15 is 0 Å². The van der Waals surface area contributed by atoms with Crippen LogP contribution in [-0.4, -0.2) is 26.0 Å². The topological polar surface area (TPSA) is 83.5 Å². The Balaban J connectivity index is 1.85. The molecule has 0 saturated carbocycles. The maximum Gasteiger partial charge on any atom is 0.335 e. The molecule has 122 valence electrons. The lowest BCUT2D eigenvalue weighted by Gasteiger charge is -2.12. The summed E-state index contributed by atoms with van der Waals surface area (Å²) in [6.45, 7) is 0.301. The molecule has 1 heterocycles. The van der Waals surface area contributed by atoms with Crippen LogP contribution in [0.4, 0.5) is 0 Å². The van der Waals surface area contributed by atoms with E-state index in [1.54, 1.807) is 17.4 Å². The highest BCUT2D eigenvalue weighted by Crippen LogP contribution is 2.30. The van der Waals surface area contributed by atoms with Crippen LogP contribution in [0.25, 0.3) is 0 Å². The zero-order valence-corrected chi connectivity index (χ0v) is 14.0. The minimum Gasteiger partial charge on any atom is -0.478 e. The smallest absolute Gasteiger partial charge is 0.335 e. The summed E-state index contributed by atoms with van der Waals surface area (Å²) in [7, 11) is -3.70. The molecule has 0 saturated heterocycles. The molecule has 2 aromatic rings. The summed E-state index contributed by atoms with van der Waals surface area (Å²) < 4.78 is 27.8. The number of carboxylic acid groups (broad SMARTS) is 1. The monoisotopic (exact) mass is 351 g/mol. The summed E-state index contributed by atoms with van der Waals surface area (Å²) >= 11 is 1.58. The van der Waals surface area contributed by atoms with E-state index in [4.69, 9.17) is 0 Å². The van der Waals surface area contributed by atoms with Crippen LogP contribution < -0.4 is 4.72 Å². The molecule has 1 aromatic heterocycles. The van der Waals surface area contributed by atoms with Crippen molar-refractivity contribution in [3.05, 3.63) is 51.2 Å². The Hall–Kier alpha value is -1.70. The van der Waals surface area contributed by atoms with Crippen molar-refractivity contribution in [2.24, 2.45) is 0 Å². The summed E-state index contributed by atoms with van der Waals surface area (Å²) in [5.74, 6) is -1.10. The molecule has 0 spiro atoms. The molecule has 1 aliphatic rings. The van der Waals surface area contributed by atoms with Crippen LogP contribution in [-0.2, 0) is 29.3 Å². The maximum absolute atomic E-state index is 12.6. The van der Waals surface area contributed by atoms with Crippen LogP contribution in [0.15, 0.2) is 34.5 Å². The fourth-order valence-electron chi connectivity index (χ4n) is 2.87. The molecule has 0 aliphatic heterocycles. The van der Waals surface area contributed by atoms with Gasteiger partial charge < -0.3 is 5.11 Å². The standard InChI is InChI=1S/C16H17NO4S2/c18-16(19)12-9-11-3-1-5-14(11)15(10-12)23(20,21)17-7-6-13-4-2-8-22-13/h2,4,8-10,17H,1,3,5-7H2,(H,18,19). The van der Waals surface area contributed by atoms with Crippen LogP contribution in [0.5, 0.6) is 0 Å².